The number of hydrogen-bond acceptors (Lipinski definition) is 0. The second-order valence-electron chi connectivity index (χ2n) is 3.70. The lowest BCUT2D eigenvalue weighted by molar-refractivity contribution is -0.137. The van der Waals surface area contributed by atoms with Gasteiger partial charge in [0.15, 0.2) is 0 Å². The molecule has 0 aliphatic carbocycles. The maximum Gasteiger partial charge on any atom is 0.416 e. The van der Waals surface area contributed by atoms with E-state index < -0.39 is 11.7 Å². The first kappa shape index (κ1) is 13.2. The SMILES string of the molecule is FC(F)(F)c1ccc(-c2cc(Cl)ccc2Cl)cc1. The van der Waals surface area contributed by atoms with Crippen LogP contribution >= 0.6 is 23.2 Å². The highest BCUT2D eigenvalue weighted by Crippen LogP contribution is 2.34. The minimum Gasteiger partial charge on any atom is -0.166 e. The number of halogens is 5. The van der Waals surface area contributed by atoms with Gasteiger partial charge in [0.25, 0.3) is 0 Å². The fourth-order valence-electron chi connectivity index (χ4n) is 1.56. The Hall–Kier alpha value is -1.19. The average molecular weight is 291 g/mol. The molecule has 0 heterocycles. The first-order chi connectivity index (χ1) is 8.38. The van der Waals surface area contributed by atoms with Gasteiger partial charge in [0.2, 0.25) is 0 Å². The lowest BCUT2D eigenvalue weighted by atomic mass is 10.0. The highest BCUT2D eigenvalue weighted by Gasteiger charge is 2.30. The van der Waals surface area contributed by atoms with Crippen molar-refractivity contribution in [3.8, 4) is 11.1 Å². The Morgan fingerprint density at radius 1 is 0.833 bits per heavy atom. The third-order valence-corrected chi connectivity index (χ3v) is 3.02. The molecule has 94 valence electrons. The van der Waals surface area contributed by atoms with Gasteiger partial charge in [-0.3, -0.25) is 0 Å². The summed E-state index contributed by atoms with van der Waals surface area (Å²) in [6, 6.07) is 9.64. The van der Waals surface area contributed by atoms with Gasteiger partial charge in [-0.1, -0.05) is 35.3 Å². The van der Waals surface area contributed by atoms with Crippen LogP contribution < -0.4 is 0 Å². The zero-order valence-corrected chi connectivity index (χ0v) is 10.4. The van der Waals surface area contributed by atoms with Gasteiger partial charge in [-0.2, -0.15) is 13.2 Å². The smallest absolute Gasteiger partial charge is 0.166 e. The molecule has 0 fully saturated rings. The van der Waals surface area contributed by atoms with Gasteiger partial charge in [-0.05, 0) is 35.9 Å². The molecule has 0 saturated carbocycles. The van der Waals surface area contributed by atoms with Crippen molar-refractivity contribution >= 4 is 23.2 Å². The number of hydrogen-bond donors (Lipinski definition) is 0. The molecule has 0 aromatic heterocycles. The molecule has 2 aromatic carbocycles. The Morgan fingerprint density at radius 3 is 2.00 bits per heavy atom. The predicted octanol–water partition coefficient (Wildman–Crippen LogP) is 5.68. The molecule has 0 amide bonds. The summed E-state index contributed by atoms with van der Waals surface area (Å²) in [5.41, 5.74) is 0.512. The van der Waals surface area contributed by atoms with Gasteiger partial charge in [0.05, 0.1) is 5.56 Å². The van der Waals surface area contributed by atoms with Gasteiger partial charge in [-0.25, -0.2) is 0 Å². The van der Waals surface area contributed by atoms with E-state index >= 15 is 0 Å². The van der Waals surface area contributed by atoms with Crippen molar-refractivity contribution in [3.05, 3.63) is 58.1 Å². The van der Waals surface area contributed by atoms with Crippen LogP contribution in [-0.4, -0.2) is 0 Å². The summed E-state index contributed by atoms with van der Waals surface area (Å²) in [7, 11) is 0. The summed E-state index contributed by atoms with van der Waals surface area (Å²) >= 11 is 11.8. The minimum absolute atomic E-state index is 0.444. The third kappa shape index (κ3) is 2.79. The van der Waals surface area contributed by atoms with E-state index in [0.717, 1.165) is 12.1 Å². The van der Waals surface area contributed by atoms with Crippen LogP contribution in [0.3, 0.4) is 0 Å². The molecule has 18 heavy (non-hydrogen) atoms. The molecule has 5 heteroatoms. The predicted molar refractivity (Wildman–Crippen MR) is 66.9 cm³/mol. The summed E-state index contributed by atoms with van der Waals surface area (Å²) in [5, 5.41) is 0.924. The topological polar surface area (TPSA) is 0 Å². The fourth-order valence-corrected chi connectivity index (χ4v) is 1.96. The molecule has 0 spiro atoms. The maximum absolute atomic E-state index is 12.4. The molecule has 0 nitrogen and oxygen atoms in total. The van der Waals surface area contributed by atoms with E-state index in [2.05, 4.69) is 0 Å². The van der Waals surface area contributed by atoms with Gasteiger partial charge in [0, 0.05) is 15.6 Å². The molecule has 0 bridgehead atoms. The highest BCUT2D eigenvalue weighted by molar-refractivity contribution is 6.35. The van der Waals surface area contributed by atoms with Gasteiger partial charge in [-0.15, -0.1) is 0 Å². The molecule has 0 unspecified atom stereocenters. The Bertz CT molecular complexity index is 559. The molecule has 0 radical (unpaired) electrons. The van der Waals surface area contributed by atoms with Crippen LogP contribution in [0.25, 0.3) is 11.1 Å². The van der Waals surface area contributed by atoms with Crippen LogP contribution in [0.15, 0.2) is 42.5 Å². The summed E-state index contributed by atoms with van der Waals surface area (Å²) in [6.45, 7) is 0. The minimum atomic E-state index is -4.34. The van der Waals surface area contributed by atoms with E-state index in [-0.39, 0.29) is 0 Å². The largest absolute Gasteiger partial charge is 0.416 e. The van der Waals surface area contributed by atoms with Gasteiger partial charge < -0.3 is 0 Å². The second-order valence-corrected chi connectivity index (χ2v) is 4.54. The zero-order chi connectivity index (χ0) is 13.3. The molecule has 0 N–H and O–H groups in total. The van der Waals surface area contributed by atoms with E-state index in [1.54, 1.807) is 18.2 Å². The Kier molecular flexibility index (Phi) is 3.55. The van der Waals surface area contributed by atoms with Crippen molar-refractivity contribution < 1.29 is 13.2 Å². The van der Waals surface area contributed by atoms with E-state index in [9.17, 15) is 13.2 Å². The monoisotopic (exact) mass is 290 g/mol. The quantitative estimate of drug-likeness (QED) is 0.634. The molecular formula is C13H7Cl2F3. The normalized spacial score (nSPS) is 11.6. The Balaban J connectivity index is 2.43. The molecular weight excluding hydrogens is 284 g/mol. The summed E-state index contributed by atoms with van der Waals surface area (Å²) in [4.78, 5) is 0. The van der Waals surface area contributed by atoms with Crippen molar-refractivity contribution in [2.24, 2.45) is 0 Å². The van der Waals surface area contributed by atoms with E-state index in [1.807, 2.05) is 0 Å². The van der Waals surface area contributed by atoms with Gasteiger partial charge >= 0.3 is 6.18 Å². The number of rotatable bonds is 1. The fraction of sp³-hybridized carbons (Fsp3) is 0.0769. The van der Waals surface area contributed by atoms with Crippen LogP contribution in [0.5, 0.6) is 0 Å². The van der Waals surface area contributed by atoms with Crippen molar-refractivity contribution in [1.82, 2.24) is 0 Å². The first-order valence-electron chi connectivity index (χ1n) is 5.00. The van der Waals surface area contributed by atoms with E-state index in [4.69, 9.17) is 23.2 Å². The van der Waals surface area contributed by atoms with Crippen molar-refractivity contribution in [2.75, 3.05) is 0 Å². The lowest BCUT2D eigenvalue weighted by Crippen LogP contribution is -2.03. The molecule has 0 aliphatic heterocycles. The van der Waals surface area contributed by atoms with Crippen LogP contribution in [0, 0.1) is 0 Å². The Morgan fingerprint density at radius 2 is 1.44 bits per heavy atom. The molecule has 0 saturated heterocycles. The van der Waals surface area contributed by atoms with Crippen LogP contribution in [0.1, 0.15) is 5.56 Å². The number of benzene rings is 2. The van der Waals surface area contributed by atoms with E-state index in [1.165, 1.54) is 12.1 Å². The lowest BCUT2D eigenvalue weighted by Gasteiger charge is -2.09. The summed E-state index contributed by atoms with van der Waals surface area (Å²) < 4.78 is 37.3. The van der Waals surface area contributed by atoms with Crippen LogP contribution in [0.4, 0.5) is 13.2 Å². The van der Waals surface area contributed by atoms with Crippen LogP contribution in [0.2, 0.25) is 10.0 Å². The molecule has 2 aromatic rings. The standard InChI is InChI=1S/C13H7Cl2F3/c14-10-5-6-12(15)11(7-10)8-1-3-9(4-2-8)13(16,17)18/h1-7H. The number of alkyl halides is 3. The molecule has 2 rings (SSSR count). The van der Waals surface area contributed by atoms with Crippen LogP contribution in [-0.2, 0) is 6.18 Å². The van der Waals surface area contributed by atoms with E-state index in [0.29, 0.717) is 21.2 Å². The first-order valence-corrected chi connectivity index (χ1v) is 5.76. The second kappa shape index (κ2) is 4.82. The summed E-state index contributed by atoms with van der Waals surface area (Å²) in [6.07, 6.45) is -4.34. The third-order valence-electron chi connectivity index (χ3n) is 2.45. The highest BCUT2D eigenvalue weighted by atomic mass is 35.5. The van der Waals surface area contributed by atoms with Crippen molar-refractivity contribution in [1.29, 1.82) is 0 Å². The van der Waals surface area contributed by atoms with Gasteiger partial charge in [0.1, 0.15) is 0 Å². The zero-order valence-electron chi connectivity index (χ0n) is 8.93. The molecule has 0 aliphatic rings. The average Bonchev–Trinajstić information content (AvgIpc) is 2.31. The molecule has 0 atom stereocenters. The maximum atomic E-state index is 12.4. The Labute approximate surface area is 112 Å². The van der Waals surface area contributed by atoms with Crippen molar-refractivity contribution in [3.63, 3.8) is 0 Å². The van der Waals surface area contributed by atoms with Crippen molar-refractivity contribution in [2.45, 2.75) is 6.18 Å². The summed E-state index contributed by atoms with van der Waals surface area (Å²) in [5.74, 6) is 0.